The summed E-state index contributed by atoms with van der Waals surface area (Å²) < 4.78 is 59.6. The summed E-state index contributed by atoms with van der Waals surface area (Å²) in [5.74, 6) is -1.76. The van der Waals surface area contributed by atoms with E-state index in [9.17, 15) is 17.6 Å². The molecule has 2 aromatic heterocycles. The summed E-state index contributed by atoms with van der Waals surface area (Å²) in [6, 6.07) is 14.0. The number of alkyl halides is 3. The second-order valence-corrected chi connectivity index (χ2v) is 5.74. The number of aromatic nitrogens is 3. The molecule has 0 saturated heterocycles. The second kappa shape index (κ2) is 6.39. The van der Waals surface area contributed by atoms with Crippen molar-refractivity contribution >= 4 is 0 Å². The molecule has 2 heterocycles. The molecule has 27 heavy (non-hydrogen) atoms. The number of benzene rings is 2. The molecule has 0 unspecified atom stereocenters. The zero-order valence-corrected chi connectivity index (χ0v) is 13.6. The molecule has 0 fully saturated rings. The monoisotopic (exact) mass is 373 g/mol. The van der Waals surface area contributed by atoms with E-state index in [-0.39, 0.29) is 17.0 Å². The van der Waals surface area contributed by atoms with E-state index in [1.165, 1.54) is 24.7 Å². The van der Waals surface area contributed by atoms with E-state index in [0.29, 0.717) is 5.56 Å². The van der Waals surface area contributed by atoms with Gasteiger partial charge in [-0.05, 0) is 36.4 Å². The van der Waals surface area contributed by atoms with Gasteiger partial charge in [0, 0.05) is 17.4 Å². The summed E-state index contributed by atoms with van der Waals surface area (Å²) in [7, 11) is 0. The van der Waals surface area contributed by atoms with E-state index in [1.807, 2.05) is 6.07 Å². The van der Waals surface area contributed by atoms with Crippen molar-refractivity contribution < 1.29 is 22.1 Å². The van der Waals surface area contributed by atoms with Crippen LogP contribution in [-0.2, 0) is 6.18 Å². The van der Waals surface area contributed by atoms with Crippen LogP contribution in [0, 0.1) is 5.82 Å². The van der Waals surface area contributed by atoms with Crippen molar-refractivity contribution in [1.29, 1.82) is 0 Å². The predicted molar refractivity (Wildman–Crippen MR) is 89.5 cm³/mol. The van der Waals surface area contributed by atoms with Crippen LogP contribution in [0.15, 0.2) is 71.6 Å². The number of hydrogen-bond acceptors (Lipinski definition) is 3. The smallest absolute Gasteiger partial charge is 0.350 e. The highest BCUT2D eigenvalue weighted by atomic mass is 19.4. The fourth-order valence-corrected chi connectivity index (χ4v) is 2.72. The Kier molecular flexibility index (Phi) is 4.02. The number of rotatable bonds is 3. The van der Waals surface area contributed by atoms with Crippen LogP contribution >= 0.6 is 0 Å². The standard InChI is InChI=1S/C19H11F4N3O/c20-13-8-6-12(7-9-13)17-16(18(27-25-17)19(21,22)23)15-10-26(11-24-15)14-4-2-1-3-5-14/h1-11H. The van der Waals surface area contributed by atoms with Crippen molar-refractivity contribution in [1.82, 2.24) is 14.7 Å². The van der Waals surface area contributed by atoms with Crippen LogP contribution in [0.5, 0.6) is 0 Å². The molecule has 0 amide bonds. The maximum atomic E-state index is 13.4. The van der Waals surface area contributed by atoms with E-state index in [1.54, 1.807) is 28.8 Å². The van der Waals surface area contributed by atoms with E-state index in [0.717, 1.165) is 17.8 Å². The molecule has 0 bridgehead atoms. The van der Waals surface area contributed by atoms with Crippen LogP contribution in [0.2, 0.25) is 0 Å². The average Bonchev–Trinajstić information content (AvgIpc) is 3.30. The lowest BCUT2D eigenvalue weighted by atomic mass is 10.0. The van der Waals surface area contributed by atoms with Gasteiger partial charge in [0.2, 0.25) is 5.76 Å². The zero-order chi connectivity index (χ0) is 19.0. The van der Waals surface area contributed by atoms with Crippen molar-refractivity contribution in [3.05, 3.63) is 78.7 Å². The van der Waals surface area contributed by atoms with Gasteiger partial charge in [-0.25, -0.2) is 9.37 Å². The van der Waals surface area contributed by atoms with Crippen LogP contribution in [-0.4, -0.2) is 14.7 Å². The largest absolute Gasteiger partial charge is 0.453 e. The van der Waals surface area contributed by atoms with Crippen LogP contribution in [0.4, 0.5) is 17.6 Å². The molecule has 2 aromatic carbocycles. The van der Waals surface area contributed by atoms with Gasteiger partial charge in [-0.15, -0.1) is 0 Å². The van der Waals surface area contributed by atoms with Gasteiger partial charge in [0.05, 0.1) is 17.6 Å². The first-order valence-electron chi connectivity index (χ1n) is 7.86. The lowest BCUT2D eigenvalue weighted by Crippen LogP contribution is -2.05. The van der Waals surface area contributed by atoms with Gasteiger partial charge in [0.25, 0.3) is 0 Å². The zero-order valence-electron chi connectivity index (χ0n) is 13.6. The third kappa shape index (κ3) is 3.21. The summed E-state index contributed by atoms with van der Waals surface area (Å²) in [6.07, 6.45) is -1.88. The summed E-state index contributed by atoms with van der Waals surface area (Å²) in [5, 5.41) is 3.57. The van der Waals surface area contributed by atoms with Gasteiger partial charge < -0.3 is 9.09 Å². The second-order valence-electron chi connectivity index (χ2n) is 5.74. The van der Waals surface area contributed by atoms with E-state index in [4.69, 9.17) is 0 Å². The minimum Gasteiger partial charge on any atom is -0.350 e. The average molecular weight is 373 g/mol. The molecule has 0 radical (unpaired) electrons. The molecular formula is C19H11F4N3O. The fourth-order valence-electron chi connectivity index (χ4n) is 2.72. The Labute approximate surface area is 150 Å². The Morgan fingerprint density at radius 2 is 1.63 bits per heavy atom. The van der Waals surface area contributed by atoms with Crippen LogP contribution < -0.4 is 0 Å². The van der Waals surface area contributed by atoms with Gasteiger partial charge in [-0.1, -0.05) is 23.4 Å². The number of para-hydroxylation sites is 1. The summed E-state index contributed by atoms with van der Waals surface area (Å²) in [5.41, 5.74) is 0.737. The molecule has 0 aliphatic rings. The summed E-state index contributed by atoms with van der Waals surface area (Å²) in [4.78, 5) is 4.10. The first-order valence-corrected chi connectivity index (χ1v) is 7.86. The van der Waals surface area contributed by atoms with Crippen molar-refractivity contribution in [2.75, 3.05) is 0 Å². The lowest BCUT2D eigenvalue weighted by molar-refractivity contribution is -0.154. The van der Waals surface area contributed by atoms with E-state index < -0.39 is 17.8 Å². The van der Waals surface area contributed by atoms with Gasteiger partial charge in [0.15, 0.2) is 0 Å². The number of halogens is 4. The minimum absolute atomic E-state index is 0.0479. The predicted octanol–water partition coefficient (Wildman–Crippen LogP) is 5.35. The Morgan fingerprint density at radius 1 is 0.926 bits per heavy atom. The lowest BCUT2D eigenvalue weighted by Gasteiger charge is -2.05. The SMILES string of the molecule is Fc1ccc(-c2noc(C(F)(F)F)c2-c2cn(-c3ccccc3)cn2)cc1. The topological polar surface area (TPSA) is 43.9 Å². The fraction of sp³-hybridized carbons (Fsp3) is 0.0526. The molecule has 4 nitrogen and oxygen atoms in total. The third-order valence-corrected chi connectivity index (χ3v) is 3.96. The molecule has 0 aliphatic carbocycles. The van der Waals surface area contributed by atoms with Crippen LogP contribution in [0.1, 0.15) is 5.76 Å². The Morgan fingerprint density at radius 3 is 2.30 bits per heavy atom. The number of imidazole rings is 1. The third-order valence-electron chi connectivity index (χ3n) is 3.96. The Hall–Kier alpha value is -3.42. The molecule has 4 aromatic rings. The van der Waals surface area contributed by atoms with Crippen LogP contribution in [0.3, 0.4) is 0 Å². The molecule has 0 spiro atoms. The highest BCUT2D eigenvalue weighted by molar-refractivity contribution is 5.80. The first-order chi connectivity index (χ1) is 12.9. The number of nitrogens with zero attached hydrogens (tertiary/aromatic N) is 3. The molecule has 0 atom stereocenters. The highest BCUT2D eigenvalue weighted by Gasteiger charge is 2.41. The molecule has 8 heteroatoms. The molecule has 0 saturated carbocycles. The van der Waals surface area contributed by atoms with E-state index in [2.05, 4.69) is 14.7 Å². The maximum absolute atomic E-state index is 13.4. The van der Waals surface area contributed by atoms with Gasteiger partial charge in [0.1, 0.15) is 11.5 Å². The minimum atomic E-state index is -4.75. The highest BCUT2D eigenvalue weighted by Crippen LogP contribution is 2.42. The van der Waals surface area contributed by atoms with Gasteiger partial charge in [-0.2, -0.15) is 13.2 Å². The molecule has 136 valence electrons. The van der Waals surface area contributed by atoms with Gasteiger partial charge >= 0.3 is 6.18 Å². The molecule has 4 rings (SSSR count). The number of hydrogen-bond donors (Lipinski definition) is 0. The van der Waals surface area contributed by atoms with Crippen molar-refractivity contribution in [3.63, 3.8) is 0 Å². The molecule has 0 N–H and O–H groups in total. The van der Waals surface area contributed by atoms with Crippen molar-refractivity contribution in [2.45, 2.75) is 6.18 Å². The summed E-state index contributed by atoms with van der Waals surface area (Å²) >= 11 is 0. The molecule has 0 aliphatic heterocycles. The van der Waals surface area contributed by atoms with Gasteiger partial charge in [-0.3, -0.25) is 0 Å². The quantitative estimate of drug-likeness (QED) is 0.455. The first kappa shape index (κ1) is 17.0. The van der Waals surface area contributed by atoms with Crippen LogP contribution in [0.25, 0.3) is 28.2 Å². The maximum Gasteiger partial charge on any atom is 0.453 e. The Balaban J connectivity index is 1.87. The van der Waals surface area contributed by atoms with Crippen molar-refractivity contribution in [2.24, 2.45) is 0 Å². The summed E-state index contributed by atoms with van der Waals surface area (Å²) in [6.45, 7) is 0. The van der Waals surface area contributed by atoms with E-state index >= 15 is 0 Å². The normalized spacial score (nSPS) is 11.7. The molecular weight excluding hydrogens is 362 g/mol. The van der Waals surface area contributed by atoms with Crippen molar-refractivity contribution in [3.8, 4) is 28.2 Å². The Bertz CT molecular complexity index is 1070.